The number of thiophene rings is 1. The van der Waals surface area contributed by atoms with E-state index in [1.54, 1.807) is 12.1 Å². The molecule has 7 nitrogen and oxygen atoms in total. The molecule has 0 fully saturated rings. The van der Waals surface area contributed by atoms with Crippen molar-refractivity contribution in [2.45, 2.75) is 6.92 Å². The summed E-state index contributed by atoms with van der Waals surface area (Å²) in [5.41, 5.74) is 1.72. The monoisotopic (exact) mass is 333 g/mol. The maximum absolute atomic E-state index is 12.1. The summed E-state index contributed by atoms with van der Waals surface area (Å²) in [5, 5.41) is 13.2. The molecule has 2 rings (SSSR count). The SMILES string of the molecule is Cc1ccc(NC(=O)CN(C)C(=O)c2ccc([N+](=O)[O-])s2)cc1. The molecule has 0 atom stereocenters. The first-order chi connectivity index (χ1) is 10.9. The van der Waals surface area contributed by atoms with E-state index in [2.05, 4.69) is 5.32 Å². The fourth-order valence-corrected chi connectivity index (χ4v) is 2.67. The van der Waals surface area contributed by atoms with Gasteiger partial charge in [-0.15, -0.1) is 0 Å². The first-order valence-corrected chi connectivity index (χ1v) is 7.54. The van der Waals surface area contributed by atoms with E-state index < -0.39 is 10.8 Å². The van der Waals surface area contributed by atoms with Gasteiger partial charge in [0.1, 0.15) is 0 Å². The number of nitrogens with one attached hydrogen (secondary N) is 1. The van der Waals surface area contributed by atoms with E-state index in [-0.39, 0.29) is 22.3 Å². The molecule has 0 spiro atoms. The van der Waals surface area contributed by atoms with Crippen molar-refractivity contribution >= 4 is 33.8 Å². The maximum atomic E-state index is 12.1. The van der Waals surface area contributed by atoms with Crippen LogP contribution in [0.1, 0.15) is 15.2 Å². The highest BCUT2D eigenvalue weighted by molar-refractivity contribution is 7.17. The summed E-state index contributed by atoms with van der Waals surface area (Å²) in [7, 11) is 1.47. The van der Waals surface area contributed by atoms with Crippen molar-refractivity contribution in [3.8, 4) is 0 Å². The van der Waals surface area contributed by atoms with Gasteiger partial charge in [-0.2, -0.15) is 0 Å². The Kier molecular flexibility index (Phi) is 5.07. The lowest BCUT2D eigenvalue weighted by atomic mass is 10.2. The molecular weight excluding hydrogens is 318 g/mol. The zero-order chi connectivity index (χ0) is 17.0. The first-order valence-electron chi connectivity index (χ1n) is 6.73. The van der Waals surface area contributed by atoms with Crippen LogP contribution >= 0.6 is 11.3 Å². The molecule has 1 N–H and O–H groups in total. The van der Waals surface area contributed by atoms with E-state index in [9.17, 15) is 19.7 Å². The number of benzene rings is 1. The van der Waals surface area contributed by atoms with E-state index >= 15 is 0 Å². The lowest BCUT2D eigenvalue weighted by Crippen LogP contribution is -2.34. The van der Waals surface area contributed by atoms with Gasteiger partial charge in [0.15, 0.2) is 0 Å². The molecule has 120 valence electrons. The Morgan fingerprint density at radius 3 is 2.43 bits per heavy atom. The fourth-order valence-electron chi connectivity index (χ4n) is 1.85. The minimum Gasteiger partial charge on any atom is -0.332 e. The number of nitro groups is 1. The van der Waals surface area contributed by atoms with Crippen LogP contribution in [-0.2, 0) is 4.79 Å². The second-order valence-corrected chi connectivity index (χ2v) is 6.03. The van der Waals surface area contributed by atoms with Gasteiger partial charge in [-0.25, -0.2) is 0 Å². The maximum Gasteiger partial charge on any atom is 0.324 e. The molecule has 1 heterocycles. The van der Waals surface area contributed by atoms with Crippen LogP contribution in [0, 0.1) is 17.0 Å². The number of aryl methyl sites for hydroxylation is 1. The third-order valence-electron chi connectivity index (χ3n) is 3.05. The molecular formula is C15H15N3O4S. The Balaban J connectivity index is 1.95. The Morgan fingerprint density at radius 1 is 1.22 bits per heavy atom. The molecule has 0 aliphatic rings. The summed E-state index contributed by atoms with van der Waals surface area (Å²) in [6.45, 7) is 1.80. The molecule has 1 aromatic heterocycles. The molecule has 0 unspecified atom stereocenters. The molecule has 2 amide bonds. The number of amides is 2. The Bertz CT molecular complexity index is 739. The largest absolute Gasteiger partial charge is 0.332 e. The number of carbonyl (C=O) groups excluding carboxylic acids is 2. The van der Waals surface area contributed by atoms with Crippen molar-refractivity contribution in [3.63, 3.8) is 0 Å². The predicted molar refractivity (Wildman–Crippen MR) is 87.7 cm³/mol. The molecule has 0 saturated carbocycles. The number of rotatable bonds is 5. The quantitative estimate of drug-likeness (QED) is 0.672. The van der Waals surface area contributed by atoms with Gasteiger partial charge in [0.2, 0.25) is 5.91 Å². The van der Waals surface area contributed by atoms with E-state index in [4.69, 9.17) is 0 Å². The van der Waals surface area contributed by atoms with Gasteiger partial charge in [0.25, 0.3) is 5.91 Å². The summed E-state index contributed by atoms with van der Waals surface area (Å²) < 4.78 is 0. The minimum absolute atomic E-state index is 0.106. The number of hydrogen-bond acceptors (Lipinski definition) is 5. The van der Waals surface area contributed by atoms with Gasteiger partial charge < -0.3 is 10.2 Å². The lowest BCUT2D eigenvalue weighted by molar-refractivity contribution is -0.380. The van der Waals surface area contributed by atoms with Gasteiger partial charge >= 0.3 is 5.00 Å². The third kappa shape index (κ3) is 4.36. The van der Waals surface area contributed by atoms with Gasteiger partial charge in [0, 0.05) is 18.8 Å². The highest BCUT2D eigenvalue weighted by atomic mass is 32.1. The molecule has 0 saturated heterocycles. The highest BCUT2D eigenvalue weighted by Gasteiger charge is 2.20. The zero-order valence-corrected chi connectivity index (χ0v) is 13.4. The molecule has 0 aliphatic heterocycles. The second-order valence-electron chi connectivity index (χ2n) is 4.97. The summed E-state index contributed by atoms with van der Waals surface area (Å²) in [4.78, 5) is 35.6. The minimum atomic E-state index is -0.550. The van der Waals surface area contributed by atoms with Crippen molar-refractivity contribution in [1.82, 2.24) is 4.90 Å². The fraction of sp³-hybridized carbons (Fsp3) is 0.200. The molecule has 0 bridgehead atoms. The highest BCUT2D eigenvalue weighted by Crippen LogP contribution is 2.24. The Morgan fingerprint density at radius 2 is 1.87 bits per heavy atom. The molecule has 2 aromatic rings. The van der Waals surface area contributed by atoms with Crippen molar-refractivity contribution in [2.75, 3.05) is 18.9 Å². The molecule has 1 aromatic carbocycles. The second kappa shape index (κ2) is 7.01. The van der Waals surface area contributed by atoms with Crippen molar-refractivity contribution in [1.29, 1.82) is 0 Å². The smallest absolute Gasteiger partial charge is 0.324 e. The van der Waals surface area contributed by atoms with Crippen molar-refractivity contribution in [2.24, 2.45) is 0 Å². The Labute approximate surface area is 136 Å². The average Bonchev–Trinajstić information content (AvgIpc) is 2.98. The van der Waals surface area contributed by atoms with Crippen molar-refractivity contribution < 1.29 is 14.5 Å². The van der Waals surface area contributed by atoms with Crippen molar-refractivity contribution in [3.05, 3.63) is 57.0 Å². The predicted octanol–water partition coefficient (Wildman–Crippen LogP) is 2.68. The van der Waals surface area contributed by atoms with E-state index in [1.165, 1.54) is 24.1 Å². The normalized spacial score (nSPS) is 10.2. The lowest BCUT2D eigenvalue weighted by Gasteiger charge is -2.15. The molecule has 0 radical (unpaired) electrons. The van der Waals surface area contributed by atoms with Crippen LogP contribution in [0.5, 0.6) is 0 Å². The van der Waals surface area contributed by atoms with Gasteiger partial charge in [-0.05, 0) is 25.1 Å². The van der Waals surface area contributed by atoms with E-state index in [1.807, 2.05) is 19.1 Å². The summed E-state index contributed by atoms with van der Waals surface area (Å²) in [6, 6.07) is 9.96. The number of carbonyl (C=O) groups is 2. The summed E-state index contributed by atoms with van der Waals surface area (Å²) in [5.74, 6) is -0.766. The van der Waals surface area contributed by atoms with Gasteiger partial charge in [0.05, 0.1) is 16.3 Å². The van der Waals surface area contributed by atoms with Crippen LogP contribution in [0.15, 0.2) is 36.4 Å². The number of hydrogen-bond donors (Lipinski definition) is 1. The van der Waals surface area contributed by atoms with Crippen LogP contribution < -0.4 is 5.32 Å². The van der Waals surface area contributed by atoms with Gasteiger partial charge in [-0.3, -0.25) is 19.7 Å². The van der Waals surface area contributed by atoms with Crippen LogP contribution in [0.25, 0.3) is 0 Å². The average molecular weight is 333 g/mol. The number of nitrogens with zero attached hydrogens (tertiary/aromatic N) is 2. The summed E-state index contributed by atoms with van der Waals surface area (Å²) >= 11 is 0.788. The molecule has 8 heteroatoms. The number of anilines is 1. The standard InChI is InChI=1S/C15H15N3O4S/c1-10-3-5-11(6-4-10)16-13(19)9-17(2)15(20)12-7-8-14(23-12)18(21)22/h3-8H,9H2,1-2H3,(H,16,19). The Hall–Kier alpha value is -2.74. The van der Waals surface area contributed by atoms with Gasteiger partial charge in [-0.1, -0.05) is 29.0 Å². The molecule has 0 aliphatic carbocycles. The van der Waals surface area contributed by atoms with E-state index in [0.717, 1.165) is 16.9 Å². The zero-order valence-electron chi connectivity index (χ0n) is 12.6. The van der Waals surface area contributed by atoms with Crippen LogP contribution in [0.3, 0.4) is 0 Å². The first kappa shape index (κ1) is 16.6. The van der Waals surface area contributed by atoms with Crippen LogP contribution in [0.4, 0.5) is 10.7 Å². The van der Waals surface area contributed by atoms with E-state index in [0.29, 0.717) is 5.69 Å². The summed E-state index contributed by atoms with van der Waals surface area (Å²) in [6.07, 6.45) is 0. The topological polar surface area (TPSA) is 92.6 Å². The third-order valence-corrected chi connectivity index (χ3v) is 4.07. The van der Waals surface area contributed by atoms with Crippen LogP contribution in [-0.4, -0.2) is 35.2 Å². The number of likely N-dealkylation sites (N-methyl/N-ethyl adjacent to an activating group) is 1. The van der Waals surface area contributed by atoms with Crippen LogP contribution in [0.2, 0.25) is 0 Å². The molecule has 23 heavy (non-hydrogen) atoms.